The van der Waals surface area contributed by atoms with Gasteiger partial charge in [0.05, 0.1) is 0 Å². The lowest BCUT2D eigenvalue weighted by Gasteiger charge is -2.04. The number of rotatable bonds is 14. The van der Waals surface area contributed by atoms with E-state index in [0.717, 1.165) is 64.5 Å². The molecule has 112 valence electrons. The monoisotopic (exact) mass is 273 g/mol. The Bertz CT molecular complexity index is 220. The molecular weight excluding hydrogens is 246 g/mol. The van der Waals surface area contributed by atoms with E-state index in [-0.39, 0.29) is 12.8 Å². The van der Waals surface area contributed by atoms with Crippen LogP contribution >= 0.6 is 0 Å². The summed E-state index contributed by atoms with van der Waals surface area (Å²) in [7, 11) is 0. The molecule has 0 aliphatic carbocycles. The van der Waals surface area contributed by atoms with Gasteiger partial charge in [-0.1, -0.05) is 25.7 Å². The first kappa shape index (κ1) is 17.9. The van der Waals surface area contributed by atoms with E-state index >= 15 is 0 Å². The van der Waals surface area contributed by atoms with Gasteiger partial charge in [-0.3, -0.25) is 9.59 Å². The molecule has 0 radical (unpaired) electrons. The van der Waals surface area contributed by atoms with Crippen molar-refractivity contribution in [2.45, 2.75) is 64.2 Å². The van der Waals surface area contributed by atoms with Crippen LogP contribution in [0, 0.1) is 0 Å². The van der Waals surface area contributed by atoms with Crippen molar-refractivity contribution >= 4 is 11.9 Å². The van der Waals surface area contributed by atoms with Gasteiger partial charge in [-0.05, 0) is 38.8 Å². The summed E-state index contributed by atoms with van der Waals surface area (Å²) < 4.78 is 0. The second-order valence-corrected chi connectivity index (χ2v) is 4.87. The molecule has 5 nitrogen and oxygen atoms in total. The molecule has 0 rings (SSSR count). The van der Waals surface area contributed by atoms with Crippen molar-refractivity contribution in [1.82, 2.24) is 5.32 Å². The third kappa shape index (κ3) is 16.9. The number of hydrogen-bond donors (Lipinski definition) is 3. The Hall–Kier alpha value is -1.10. The van der Waals surface area contributed by atoms with Crippen molar-refractivity contribution in [2.24, 2.45) is 0 Å². The summed E-state index contributed by atoms with van der Waals surface area (Å²) in [6.07, 6.45) is 8.45. The smallest absolute Gasteiger partial charge is 0.303 e. The predicted octanol–water partition coefficient (Wildman–Crippen LogP) is 2.65. The van der Waals surface area contributed by atoms with Crippen LogP contribution in [-0.2, 0) is 9.59 Å². The number of carboxylic acids is 2. The summed E-state index contributed by atoms with van der Waals surface area (Å²) in [5.74, 6) is -1.41. The fraction of sp³-hybridized carbons (Fsp3) is 0.857. The van der Waals surface area contributed by atoms with Crippen LogP contribution in [0.3, 0.4) is 0 Å². The molecule has 0 spiro atoms. The largest absolute Gasteiger partial charge is 0.481 e. The molecule has 0 saturated carbocycles. The first-order valence-electron chi connectivity index (χ1n) is 7.27. The zero-order chi connectivity index (χ0) is 14.3. The molecule has 0 unspecified atom stereocenters. The maximum atomic E-state index is 10.3. The van der Waals surface area contributed by atoms with Crippen LogP contribution in [0.1, 0.15) is 64.2 Å². The predicted molar refractivity (Wildman–Crippen MR) is 74.3 cm³/mol. The number of carboxylic acid groups (broad SMARTS) is 2. The van der Waals surface area contributed by atoms with E-state index in [1.54, 1.807) is 0 Å². The van der Waals surface area contributed by atoms with E-state index in [2.05, 4.69) is 5.32 Å². The Labute approximate surface area is 115 Å². The molecular formula is C14H27NO4. The van der Waals surface area contributed by atoms with Crippen LogP contribution < -0.4 is 5.32 Å². The summed E-state index contributed by atoms with van der Waals surface area (Å²) >= 11 is 0. The third-order valence-corrected chi connectivity index (χ3v) is 2.99. The number of hydrogen-bond acceptors (Lipinski definition) is 3. The molecule has 0 aromatic heterocycles. The summed E-state index contributed by atoms with van der Waals surface area (Å²) in [6, 6.07) is 0. The highest BCUT2D eigenvalue weighted by molar-refractivity contribution is 5.66. The number of unbranched alkanes of at least 4 members (excludes halogenated alkanes) is 6. The lowest BCUT2D eigenvalue weighted by atomic mass is 10.1. The van der Waals surface area contributed by atoms with E-state index < -0.39 is 11.9 Å². The molecule has 0 aliphatic heterocycles. The van der Waals surface area contributed by atoms with Gasteiger partial charge in [-0.25, -0.2) is 0 Å². The van der Waals surface area contributed by atoms with E-state index in [9.17, 15) is 9.59 Å². The van der Waals surface area contributed by atoms with Gasteiger partial charge >= 0.3 is 11.9 Å². The first-order chi connectivity index (χ1) is 9.13. The van der Waals surface area contributed by atoms with E-state index in [1.165, 1.54) is 0 Å². The van der Waals surface area contributed by atoms with Gasteiger partial charge in [0.1, 0.15) is 0 Å². The molecule has 0 aromatic rings. The lowest BCUT2D eigenvalue weighted by molar-refractivity contribution is -0.138. The zero-order valence-corrected chi connectivity index (χ0v) is 11.7. The van der Waals surface area contributed by atoms with Crippen molar-refractivity contribution < 1.29 is 19.8 Å². The average Bonchev–Trinajstić information content (AvgIpc) is 2.34. The Kier molecular flexibility index (Phi) is 12.6. The highest BCUT2D eigenvalue weighted by Crippen LogP contribution is 2.03. The summed E-state index contributed by atoms with van der Waals surface area (Å²) in [5.41, 5.74) is 0. The summed E-state index contributed by atoms with van der Waals surface area (Å²) in [4.78, 5) is 20.5. The minimum Gasteiger partial charge on any atom is -0.481 e. The van der Waals surface area contributed by atoms with Gasteiger partial charge < -0.3 is 15.5 Å². The van der Waals surface area contributed by atoms with Crippen LogP contribution in [0.4, 0.5) is 0 Å². The maximum absolute atomic E-state index is 10.3. The zero-order valence-electron chi connectivity index (χ0n) is 11.7. The second kappa shape index (κ2) is 13.3. The van der Waals surface area contributed by atoms with Gasteiger partial charge in [0.25, 0.3) is 0 Å². The highest BCUT2D eigenvalue weighted by Gasteiger charge is 1.97. The van der Waals surface area contributed by atoms with E-state index in [4.69, 9.17) is 10.2 Å². The van der Waals surface area contributed by atoms with Crippen molar-refractivity contribution in [3.63, 3.8) is 0 Å². The Morgan fingerprint density at radius 3 is 1.37 bits per heavy atom. The lowest BCUT2D eigenvalue weighted by Crippen LogP contribution is -2.16. The van der Waals surface area contributed by atoms with Crippen molar-refractivity contribution in [3.8, 4) is 0 Å². The molecule has 0 bridgehead atoms. The number of nitrogens with one attached hydrogen (secondary N) is 1. The Balaban J connectivity index is 2.99. The highest BCUT2D eigenvalue weighted by atomic mass is 16.4. The molecule has 0 atom stereocenters. The van der Waals surface area contributed by atoms with Crippen molar-refractivity contribution in [2.75, 3.05) is 13.1 Å². The minimum atomic E-state index is -0.707. The van der Waals surface area contributed by atoms with Crippen LogP contribution in [0.15, 0.2) is 0 Å². The molecule has 5 heteroatoms. The van der Waals surface area contributed by atoms with E-state index in [0.29, 0.717) is 0 Å². The SMILES string of the molecule is O=C(O)CCCCCCNCCCCCCC(=O)O. The molecule has 0 aromatic carbocycles. The maximum Gasteiger partial charge on any atom is 0.303 e. The van der Waals surface area contributed by atoms with Crippen LogP contribution in [0.2, 0.25) is 0 Å². The van der Waals surface area contributed by atoms with Crippen LogP contribution in [0.25, 0.3) is 0 Å². The molecule has 0 saturated heterocycles. The second-order valence-electron chi connectivity index (χ2n) is 4.87. The summed E-state index contributed by atoms with van der Waals surface area (Å²) in [5, 5.41) is 20.3. The third-order valence-electron chi connectivity index (χ3n) is 2.99. The normalized spacial score (nSPS) is 10.5. The average molecular weight is 273 g/mol. The fourth-order valence-corrected chi connectivity index (χ4v) is 1.88. The summed E-state index contributed by atoms with van der Waals surface area (Å²) in [6.45, 7) is 1.98. The molecule has 0 heterocycles. The molecule has 0 amide bonds. The van der Waals surface area contributed by atoms with Crippen LogP contribution in [-0.4, -0.2) is 35.2 Å². The number of aliphatic carboxylic acids is 2. The standard InChI is InChI=1S/C14H27NO4/c16-13(17)9-5-1-3-7-11-15-12-8-4-2-6-10-14(18)19/h15H,1-12H2,(H,16,17)(H,18,19). The van der Waals surface area contributed by atoms with Crippen molar-refractivity contribution in [1.29, 1.82) is 0 Å². The Morgan fingerprint density at radius 1 is 0.632 bits per heavy atom. The van der Waals surface area contributed by atoms with Crippen LogP contribution in [0.5, 0.6) is 0 Å². The van der Waals surface area contributed by atoms with Crippen molar-refractivity contribution in [3.05, 3.63) is 0 Å². The molecule has 19 heavy (non-hydrogen) atoms. The number of carbonyl (C=O) groups is 2. The minimum absolute atomic E-state index is 0.282. The van der Waals surface area contributed by atoms with Gasteiger partial charge in [-0.2, -0.15) is 0 Å². The topological polar surface area (TPSA) is 86.6 Å². The van der Waals surface area contributed by atoms with Gasteiger partial charge in [-0.15, -0.1) is 0 Å². The molecule has 0 aliphatic rings. The molecule has 0 fully saturated rings. The quantitative estimate of drug-likeness (QED) is 0.424. The van der Waals surface area contributed by atoms with Gasteiger partial charge in [0, 0.05) is 12.8 Å². The molecule has 3 N–H and O–H groups in total. The van der Waals surface area contributed by atoms with E-state index in [1.807, 2.05) is 0 Å². The fourth-order valence-electron chi connectivity index (χ4n) is 1.88. The first-order valence-corrected chi connectivity index (χ1v) is 7.27. The van der Waals surface area contributed by atoms with Gasteiger partial charge in [0.2, 0.25) is 0 Å². The Morgan fingerprint density at radius 2 is 1.00 bits per heavy atom. The van der Waals surface area contributed by atoms with Gasteiger partial charge in [0.15, 0.2) is 0 Å².